The van der Waals surface area contributed by atoms with Gasteiger partial charge in [0.2, 0.25) is 0 Å². The van der Waals surface area contributed by atoms with Crippen LogP contribution in [0.25, 0.3) is 0 Å². The van der Waals surface area contributed by atoms with Gasteiger partial charge in [-0.05, 0) is 49.4 Å². The highest BCUT2D eigenvalue weighted by atomic mass is 16.4. The van der Waals surface area contributed by atoms with Gasteiger partial charge in [0.05, 0.1) is 12.0 Å². The van der Waals surface area contributed by atoms with Crippen molar-refractivity contribution in [3.8, 4) is 11.8 Å². The Balaban J connectivity index is 1.61. The van der Waals surface area contributed by atoms with Gasteiger partial charge < -0.3 is 15.3 Å². The molecule has 0 spiro atoms. The van der Waals surface area contributed by atoms with Gasteiger partial charge in [-0.15, -0.1) is 0 Å². The van der Waals surface area contributed by atoms with E-state index in [2.05, 4.69) is 24.8 Å². The summed E-state index contributed by atoms with van der Waals surface area (Å²) in [4.78, 5) is 10.7. The molecular weight excluding hydrogens is 328 g/mol. The fourth-order valence-electron chi connectivity index (χ4n) is 5.26. The Labute approximate surface area is 156 Å². The minimum atomic E-state index is -0.762. The van der Waals surface area contributed by atoms with Crippen LogP contribution in [-0.4, -0.2) is 33.5 Å². The predicted molar refractivity (Wildman–Crippen MR) is 100 cm³/mol. The Morgan fingerprint density at radius 3 is 2.77 bits per heavy atom. The fourth-order valence-corrected chi connectivity index (χ4v) is 5.26. The van der Waals surface area contributed by atoms with E-state index in [1.54, 1.807) is 0 Å². The quantitative estimate of drug-likeness (QED) is 0.518. The topological polar surface area (TPSA) is 77.8 Å². The Hall–Kier alpha value is -1.31. The molecular formula is C22H32O4. The molecule has 4 nitrogen and oxygen atoms in total. The van der Waals surface area contributed by atoms with E-state index < -0.39 is 18.2 Å². The third-order valence-electron chi connectivity index (χ3n) is 7.00. The summed E-state index contributed by atoms with van der Waals surface area (Å²) in [6.45, 7) is 2.23. The molecule has 144 valence electrons. The average Bonchev–Trinajstić information content (AvgIpc) is 3.08. The summed E-state index contributed by atoms with van der Waals surface area (Å²) >= 11 is 0. The predicted octanol–water partition coefficient (Wildman–Crippen LogP) is 3.52. The SMILES string of the molecule is C[C@]12CC[C@@H](O)[C@H](C#CC(O)CC3CCCC3)[C@H]1CC2=CCCC(=O)O. The van der Waals surface area contributed by atoms with E-state index >= 15 is 0 Å². The van der Waals surface area contributed by atoms with Crippen LogP contribution >= 0.6 is 0 Å². The van der Waals surface area contributed by atoms with Crippen molar-refractivity contribution in [1.29, 1.82) is 0 Å². The molecule has 0 heterocycles. The third-order valence-corrected chi connectivity index (χ3v) is 7.00. The summed E-state index contributed by atoms with van der Waals surface area (Å²) in [6.07, 6.45) is 10.1. The highest BCUT2D eigenvalue weighted by Gasteiger charge is 2.54. The van der Waals surface area contributed by atoms with Gasteiger partial charge in [0.25, 0.3) is 0 Å². The number of fused-ring (bicyclic) bond motifs is 1. The highest BCUT2D eigenvalue weighted by Crippen LogP contribution is 2.60. The molecule has 0 bridgehead atoms. The maximum Gasteiger partial charge on any atom is 0.303 e. The Kier molecular flexibility index (Phi) is 6.10. The van der Waals surface area contributed by atoms with Crippen LogP contribution in [0.4, 0.5) is 0 Å². The van der Waals surface area contributed by atoms with Gasteiger partial charge in [-0.25, -0.2) is 0 Å². The number of aliphatic hydroxyl groups excluding tert-OH is 2. The first-order chi connectivity index (χ1) is 12.4. The van der Waals surface area contributed by atoms with E-state index in [1.807, 2.05) is 0 Å². The molecule has 1 unspecified atom stereocenters. The summed E-state index contributed by atoms with van der Waals surface area (Å²) in [6, 6.07) is 0. The number of aliphatic hydroxyl groups is 2. The monoisotopic (exact) mass is 360 g/mol. The Morgan fingerprint density at radius 2 is 2.08 bits per heavy atom. The molecule has 0 saturated heterocycles. The van der Waals surface area contributed by atoms with Gasteiger partial charge in [0.1, 0.15) is 6.10 Å². The molecule has 0 aromatic carbocycles. The van der Waals surface area contributed by atoms with Crippen LogP contribution in [0.3, 0.4) is 0 Å². The number of hydrogen-bond acceptors (Lipinski definition) is 3. The lowest BCUT2D eigenvalue weighted by atomic mass is 9.48. The first-order valence-electron chi connectivity index (χ1n) is 10.2. The lowest BCUT2D eigenvalue weighted by Crippen LogP contribution is -2.51. The fraction of sp³-hybridized carbons (Fsp3) is 0.773. The number of allylic oxidation sites excluding steroid dienone is 2. The molecule has 4 heteroatoms. The number of carbonyl (C=O) groups is 1. The van der Waals surface area contributed by atoms with Crippen molar-refractivity contribution in [2.45, 2.75) is 83.3 Å². The average molecular weight is 360 g/mol. The number of aliphatic carboxylic acids is 1. The smallest absolute Gasteiger partial charge is 0.303 e. The molecule has 3 fully saturated rings. The van der Waals surface area contributed by atoms with Crippen LogP contribution in [0.5, 0.6) is 0 Å². The van der Waals surface area contributed by atoms with Gasteiger partial charge in [-0.1, -0.05) is 56.1 Å². The summed E-state index contributed by atoms with van der Waals surface area (Å²) in [5.41, 5.74) is 1.36. The van der Waals surface area contributed by atoms with Crippen molar-refractivity contribution >= 4 is 5.97 Å². The summed E-state index contributed by atoms with van der Waals surface area (Å²) < 4.78 is 0. The lowest BCUT2D eigenvalue weighted by Gasteiger charge is -2.57. The zero-order chi connectivity index (χ0) is 18.7. The molecule has 3 rings (SSSR count). The Morgan fingerprint density at radius 1 is 1.35 bits per heavy atom. The molecule has 0 radical (unpaired) electrons. The van der Waals surface area contributed by atoms with Crippen molar-refractivity contribution < 1.29 is 20.1 Å². The van der Waals surface area contributed by atoms with Gasteiger partial charge in [0, 0.05) is 6.42 Å². The molecule has 0 aliphatic heterocycles. The van der Waals surface area contributed by atoms with Crippen LogP contribution in [0, 0.1) is 35.0 Å². The molecule has 26 heavy (non-hydrogen) atoms. The van der Waals surface area contributed by atoms with Crippen molar-refractivity contribution in [2.75, 3.05) is 0 Å². The van der Waals surface area contributed by atoms with Crippen LogP contribution in [0.1, 0.15) is 71.1 Å². The van der Waals surface area contributed by atoms with Gasteiger partial charge in [-0.3, -0.25) is 4.79 Å². The summed E-state index contributed by atoms with van der Waals surface area (Å²) in [7, 11) is 0. The lowest BCUT2D eigenvalue weighted by molar-refractivity contribution is -0.136. The molecule has 0 amide bonds. The highest BCUT2D eigenvalue weighted by molar-refractivity contribution is 5.66. The van der Waals surface area contributed by atoms with Crippen LogP contribution in [0.15, 0.2) is 11.6 Å². The molecule has 5 atom stereocenters. The Bertz CT molecular complexity index is 607. The van der Waals surface area contributed by atoms with Gasteiger partial charge >= 0.3 is 5.97 Å². The zero-order valence-corrected chi connectivity index (χ0v) is 15.8. The van der Waals surface area contributed by atoms with Crippen molar-refractivity contribution in [1.82, 2.24) is 0 Å². The molecule has 0 aromatic heterocycles. The second-order valence-electron chi connectivity index (χ2n) is 8.71. The molecule has 3 aliphatic carbocycles. The van der Waals surface area contributed by atoms with E-state index in [9.17, 15) is 15.0 Å². The maximum atomic E-state index is 10.7. The first kappa shape index (κ1) is 19.5. The standard InChI is InChI=1S/C22H32O4/c1-22-12-11-20(24)18(10-9-17(23)13-15-5-2-3-6-15)19(22)14-16(22)7-4-8-21(25)26/h7,15,17-20,23-24H,2-6,8,11-14H2,1H3,(H,25,26)/t17?,18-,19-,20-,22-/m1/s1. The van der Waals surface area contributed by atoms with E-state index in [0.717, 1.165) is 25.7 Å². The van der Waals surface area contributed by atoms with E-state index in [1.165, 1.54) is 31.3 Å². The molecule has 0 aromatic rings. The summed E-state index contributed by atoms with van der Waals surface area (Å²) in [5.74, 6) is 6.33. The van der Waals surface area contributed by atoms with Crippen molar-refractivity contribution in [3.05, 3.63) is 11.6 Å². The number of rotatable bonds is 5. The number of carboxylic acid groups (broad SMARTS) is 1. The maximum absolute atomic E-state index is 10.7. The second kappa shape index (κ2) is 8.15. The van der Waals surface area contributed by atoms with Crippen LogP contribution in [0.2, 0.25) is 0 Å². The molecule has 3 aliphatic rings. The van der Waals surface area contributed by atoms with Gasteiger partial charge in [-0.2, -0.15) is 0 Å². The van der Waals surface area contributed by atoms with Crippen molar-refractivity contribution in [3.63, 3.8) is 0 Å². The van der Waals surface area contributed by atoms with Crippen LogP contribution < -0.4 is 0 Å². The zero-order valence-electron chi connectivity index (χ0n) is 15.8. The van der Waals surface area contributed by atoms with E-state index in [0.29, 0.717) is 18.3 Å². The second-order valence-corrected chi connectivity index (χ2v) is 8.71. The van der Waals surface area contributed by atoms with Crippen LogP contribution in [-0.2, 0) is 4.79 Å². The van der Waals surface area contributed by atoms with E-state index in [4.69, 9.17) is 5.11 Å². The normalized spacial score (nSPS) is 36.7. The molecule has 3 saturated carbocycles. The third kappa shape index (κ3) is 4.15. The molecule has 3 N–H and O–H groups in total. The summed E-state index contributed by atoms with van der Waals surface area (Å²) in [5, 5.41) is 29.5. The number of carboxylic acids is 1. The van der Waals surface area contributed by atoms with Gasteiger partial charge in [0.15, 0.2) is 0 Å². The van der Waals surface area contributed by atoms with E-state index in [-0.39, 0.29) is 17.8 Å². The first-order valence-corrected chi connectivity index (χ1v) is 10.2. The van der Waals surface area contributed by atoms with Crippen molar-refractivity contribution in [2.24, 2.45) is 23.2 Å². The number of hydrogen-bond donors (Lipinski definition) is 3. The minimum Gasteiger partial charge on any atom is -0.481 e. The minimum absolute atomic E-state index is 0.0352. The largest absolute Gasteiger partial charge is 0.481 e.